The number of carbonyl (C=O) groups excluding carboxylic acids is 1. The smallest absolute Gasteiger partial charge is 0.237 e. The molecule has 0 saturated carbocycles. The van der Waals surface area contributed by atoms with Crippen molar-refractivity contribution >= 4 is 5.91 Å². The number of rotatable bonds is 6. The summed E-state index contributed by atoms with van der Waals surface area (Å²) in [6.07, 6.45) is 2.41. The van der Waals surface area contributed by atoms with Gasteiger partial charge in [0.25, 0.3) is 0 Å². The van der Waals surface area contributed by atoms with Crippen LogP contribution in [-0.2, 0) is 4.79 Å². The first-order valence-electron chi connectivity index (χ1n) is 8.02. The van der Waals surface area contributed by atoms with Crippen molar-refractivity contribution in [3.63, 3.8) is 0 Å². The number of hydrogen-bond donors (Lipinski definition) is 3. The quantitative estimate of drug-likeness (QED) is 0.749. The molecule has 5 heteroatoms. The minimum absolute atomic E-state index is 0.0339. The van der Waals surface area contributed by atoms with Gasteiger partial charge in [0.2, 0.25) is 5.91 Å². The van der Waals surface area contributed by atoms with Crippen LogP contribution in [0.15, 0.2) is 24.3 Å². The van der Waals surface area contributed by atoms with Crippen LogP contribution in [0.5, 0.6) is 5.75 Å². The predicted octanol–water partition coefficient (Wildman–Crippen LogP) is 1.77. The average molecular weight is 306 g/mol. The van der Waals surface area contributed by atoms with Crippen LogP contribution >= 0.6 is 0 Å². The number of nitrogens with one attached hydrogen (secondary N) is 2. The van der Waals surface area contributed by atoms with Crippen molar-refractivity contribution in [3.05, 3.63) is 29.8 Å². The normalized spacial score (nSPS) is 19.7. The van der Waals surface area contributed by atoms with Crippen LogP contribution in [0.25, 0.3) is 0 Å². The van der Waals surface area contributed by atoms with Gasteiger partial charge in [-0.3, -0.25) is 4.79 Å². The van der Waals surface area contributed by atoms with Gasteiger partial charge in [-0.05, 0) is 50.9 Å². The number of hydrogen-bond acceptors (Lipinski definition) is 4. The highest BCUT2D eigenvalue weighted by Gasteiger charge is 2.21. The van der Waals surface area contributed by atoms with Crippen molar-refractivity contribution in [1.29, 1.82) is 0 Å². The van der Waals surface area contributed by atoms with Gasteiger partial charge >= 0.3 is 0 Å². The molecule has 2 unspecified atom stereocenters. The van der Waals surface area contributed by atoms with E-state index < -0.39 is 6.10 Å². The van der Waals surface area contributed by atoms with Gasteiger partial charge in [-0.15, -0.1) is 0 Å². The summed E-state index contributed by atoms with van der Waals surface area (Å²) in [6.45, 7) is 5.01. The van der Waals surface area contributed by atoms with Gasteiger partial charge in [0.15, 0.2) is 0 Å². The lowest BCUT2D eigenvalue weighted by Crippen LogP contribution is -2.47. The van der Waals surface area contributed by atoms with Gasteiger partial charge in [0.05, 0.1) is 18.2 Å². The summed E-state index contributed by atoms with van der Waals surface area (Å²) in [4.78, 5) is 12.0. The Hall–Kier alpha value is -1.59. The summed E-state index contributed by atoms with van der Waals surface area (Å²) in [5.41, 5.74) is 0.745. The van der Waals surface area contributed by atoms with Crippen molar-refractivity contribution in [1.82, 2.24) is 10.6 Å². The van der Waals surface area contributed by atoms with Gasteiger partial charge < -0.3 is 20.5 Å². The van der Waals surface area contributed by atoms with Crippen LogP contribution in [0.3, 0.4) is 0 Å². The second-order valence-electron chi connectivity index (χ2n) is 6.00. The van der Waals surface area contributed by atoms with E-state index in [1.54, 1.807) is 0 Å². The van der Waals surface area contributed by atoms with Crippen LogP contribution in [0.1, 0.15) is 44.8 Å². The lowest BCUT2D eigenvalue weighted by atomic mass is 10.0. The lowest BCUT2D eigenvalue weighted by molar-refractivity contribution is -0.124. The van der Waals surface area contributed by atoms with Crippen molar-refractivity contribution in [2.45, 2.75) is 51.4 Å². The Bertz CT molecular complexity index is 485. The van der Waals surface area contributed by atoms with Crippen molar-refractivity contribution in [2.75, 3.05) is 13.1 Å². The third-order valence-electron chi connectivity index (χ3n) is 3.71. The van der Waals surface area contributed by atoms with Gasteiger partial charge in [-0.1, -0.05) is 18.6 Å². The minimum Gasteiger partial charge on any atom is -0.491 e. The highest BCUT2D eigenvalue weighted by atomic mass is 16.5. The molecule has 3 N–H and O–H groups in total. The molecule has 5 nitrogen and oxygen atoms in total. The van der Waals surface area contributed by atoms with E-state index in [-0.39, 0.29) is 24.6 Å². The Labute approximate surface area is 132 Å². The first-order chi connectivity index (χ1) is 10.6. The zero-order chi connectivity index (χ0) is 15.9. The van der Waals surface area contributed by atoms with E-state index in [0.717, 1.165) is 37.1 Å². The molecule has 122 valence electrons. The number of benzene rings is 1. The Kier molecular flexibility index (Phi) is 6.21. The minimum atomic E-state index is -0.733. The summed E-state index contributed by atoms with van der Waals surface area (Å²) in [5, 5.41) is 16.3. The fourth-order valence-corrected chi connectivity index (χ4v) is 2.58. The van der Waals surface area contributed by atoms with Crippen LogP contribution < -0.4 is 15.4 Å². The van der Waals surface area contributed by atoms with Gasteiger partial charge in [-0.25, -0.2) is 0 Å². The standard InChI is InChI=1S/C17H26N2O3/c1-12(2)22-14-7-5-6-13(10-14)16(20)11-19-17(21)15-8-3-4-9-18-15/h5-7,10,12,15-16,18,20H,3-4,8-9,11H2,1-2H3,(H,19,21). The van der Waals surface area contributed by atoms with Gasteiger partial charge in [-0.2, -0.15) is 0 Å². The van der Waals surface area contributed by atoms with E-state index >= 15 is 0 Å². The third-order valence-corrected chi connectivity index (χ3v) is 3.71. The Morgan fingerprint density at radius 1 is 1.45 bits per heavy atom. The van der Waals surface area contributed by atoms with E-state index in [1.165, 1.54) is 0 Å². The molecule has 1 aromatic carbocycles. The zero-order valence-corrected chi connectivity index (χ0v) is 13.3. The van der Waals surface area contributed by atoms with Crippen LogP contribution in [-0.4, -0.2) is 36.2 Å². The zero-order valence-electron chi connectivity index (χ0n) is 13.3. The highest BCUT2D eigenvalue weighted by Crippen LogP contribution is 2.20. The molecule has 0 bridgehead atoms. The Morgan fingerprint density at radius 2 is 2.27 bits per heavy atom. The van der Waals surface area contributed by atoms with Crippen molar-refractivity contribution in [3.8, 4) is 5.75 Å². The molecule has 0 radical (unpaired) electrons. The summed E-state index contributed by atoms with van der Waals surface area (Å²) < 4.78 is 5.62. The molecule has 2 rings (SSSR count). The average Bonchev–Trinajstić information content (AvgIpc) is 2.52. The summed E-state index contributed by atoms with van der Waals surface area (Å²) in [5.74, 6) is 0.695. The molecular formula is C17H26N2O3. The number of amides is 1. The van der Waals surface area contributed by atoms with Crippen LogP contribution in [0.4, 0.5) is 0 Å². The van der Waals surface area contributed by atoms with Gasteiger partial charge in [0.1, 0.15) is 5.75 Å². The Morgan fingerprint density at radius 3 is 2.95 bits per heavy atom. The summed E-state index contributed by atoms with van der Waals surface area (Å²) >= 11 is 0. The van der Waals surface area contributed by atoms with Crippen molar-refractivity contribution in [2.24, 2.45) is 0 Å². The topological polar surface area (TPSA) is 70.6 Å². The number of aliphatic hydroxyl groups is 1. The summed E-state index contributed by atoms with van der Waals surface area (Å²) in [7, 11) is 0. The molecule has 1 aliphatic heterocycles. The molecule has 0 spiro atoms. The fraction of sp³-hybridized carbons (Fsp3) is 0.588. The molecule has 22 heavy (non-hydrogen) atoms. The second kappa shape index (κ2) is 8.15. The highest BCUT2D eigenvalue weighted by molar-refractivity contribution is 5.81. The van der Waals surface area contributed by atoms with Crippen LogP contribution in [0, 0.1) is 0 Å². The molecule has 1 aliphatic rings. The first kappa shape index (κ1) is 16.8. The molecule has 1 saturated heterocycles. The SMILES string of the molecule is CC(C)Oc1cccc(C(O)CNC(=O)C2CCCCN2)c1. The molecule has 0 aromatic heterocycles. The Balaban J connectivity index is 1.86. The third kappa shape index (κ3) is 5.00. The molecule has 0 aliphatic carbocycles. The fourth-order valence-electron chi connectivity index (χ4n) is 2.58. The molecule has 1 heterocycles. The van der Waals surface area contributed by atoms with E-state index in [4.69, 9.17) is 4.74 Å². The number of carbonyl (C=O) groups is 1. The van der Waals surface area contributed by atoms with E-state index in [1.807, 2.05) is 38.1 Å². The molecule has 1 amide bonds. The second-order valence-corrected chi connectivity index (χ2v) is 6.00. The lowest BCUT2D eigenvalue weighted by Gasteiger charge is -2.23. The molecule has 2 atom stereocenters. The predicted molar refractivity (Wildman–Crippen MR) is 85.8 cm³/mol. The maximum absolute atomic E-state index is 12.0. The first-order valence-corrected chi connectivity index (χ1v) is 8.02. The monoisotopic (exact) mass is 306 g/mol. The number of aliphatic hydroxyl groups excluding tert-OH is 1. The van der Waals surface area contributed by atoms with E-state index in [9.17, 15) is 9.90 Å². The number of piperidine rings is 1. The van der Waals surface area contributed by atoms with E-state index in [0.29, 0.717) is 0 Å². The summed E-state index contributed by atoms with van der Waals surface area (Å²) in [6, 6.07) is 7.23. The maximum atomic E-state index is 12.0. The number of ether oxygens (including phenoxy) is 1. The molecule has 1 aromatic rings. The van der Waals surface area contributed by atoms with Crippen LogP contribution in [0.2, 0.25) is 0 Å². The van der Waals surface area contributed by atoms with Crippen molar-refractivity contribution < 1.29 is 14.6 Å². The van der Waals surface area contributed by atoms with E-state index in [2.05, 4.69) is 10.6 Å². The van der Waals surface area contributed by atoms with Gasteiger partial charge in [0, 0.05) is 6.54 Å². The maximum Gasteiger partial charge on any atom is 0.237 e. The molecule has 1 fully saturated rings. The largest absolute Gasteiger partial charge is 0.491 e. The molecular weight excluding hydrogens is 280 g/mol.